The van der Waals surface area contributed by atoms with Crippen LogP contribution < -0.4 is 18.9 Å². The van der Waals surface area contributed by atoms with Gasteiger partial charge in [-0.15, -0.1) is 0 Å². The minimum absolute atomic E-state index is 0.338. The quantitative estimate of drug-likeness (QED) is 0.0583. The van der Waals surface area contributed by atoms with E-state index >= 15 is 0 Å². The standard InChI is InChI=1S/C35H42O7/c1-3-34(36)40-26-12-10-8-6-4-5-7-9-11-25-39-31-17-13-28(14-18-31)27-41-32-21-23-33(24-22-32)42-35(37)29-15-19-30(38-2)20-16-29/h3,13-24H,1,4-12,25-27H2,2H3. The molecule has 0 fully saturated rings. The average Bonchev–Trinajstić information content (AvgIpc) is 3.03. The van der Waals surface area contributed by atoms with Crippen molar-refractivity contribution in [2.45, 2.75) is 64.4 Å². The number of rotatable bonds is 20. The smallest absolute Gasteiger partial charge is 0.343 e. The minimum Gasteiger partial charge on any atom is -0.497 e. The largest absolute Gasteiger partial charge is 0.497 e. The van der Waals surface area contributed by atoms with Gasteiger partial charge in [-0.3, -0.25) is 0 Å². The van der Waals surface area contributed by atoms with E-state index in [9.17, 15) is 9.59 Å². The van der Waals surface area contributed by atoms with E-state index in [0.717, 1.165) is 30.6 Å². The van der Waals surface area contributed by atoms with Gasteiger partial charge in [-0.25, -0.2) is 9.59 Å². The SMILES string of the molecule is C=CC(=O)OCCCCCCCCCCCOc1ccc(COc2ccc(OC(=O)c3ccc(OC)cc3)cc2)cc1. The summed E-state index contributed by atoms with van der Waals surface area (Å²) in [6.07, 6.45) is 11.6. The molecule has 3 aromatic rings. The Morgan fingerprint density at radius 2 is 1.12 bits per heavy atom. The van der Waals surface area contributed by atoms with E-state index in [4.69, 9.17) is 23.7 Å². The van der Waals surface area contributed by atoms with Crippen molar-refractivity contribution in [3.8, 4) is 23.0 Å². The van der Waals surface area contributed by atoms with E-state index in [1.807, 2.05) is 24.3 Å². The van der Waals surface area contributed by atoms with Gasteiger partial charge < -0.3 is 23.7 Å². The van der Waals surface area contributed by atoms with Gasteiger partial charge in [0, 0.05) is 6.08 Å². The van der Waals surface area contributed by atoms with Gasteiger partial charge in [0.1, 0.15) is 29.6 Å². The lowest BCUT2D eigenvalue weighted by molar-refractivity contribution is -0.137. The molecule has 0 aliphatic carbocycles. The third-order valence-corrected chi connectivity index (χ3v) is 6.66. The maximum Gasteiger partial charge on any atom is 0.343 e. The van der Waals surface area contributed by atoms with Crippen LogP contribution in [0.3, 0.4) is 0 Å². The van der Waals surface area contributed by atoms with Gasteiger partial charge >= 0.3 is 11.9 Å². The number of hydrogen-bond donors (Lipinski definition) is 0. The second-order valence-corrected chi connectivity index (χ2v) is 9.92. The maximum atomic E-state index is 12.3. The lowest BCUT2D eigenvalue weighted by atomic mass is 10.1. The van der Waals surface area contributed by atoms with Gasteiger partial charge in [0.05, 0.1) is 25.9 Å². The molecule has 0 N–H and O–H groups in total. The van der Waals surface area contributed by atoms with Crippen LogP contribution in [0.15, 0.2) is 85.5 Å². The van der Waals surface area contributed by atoms with Crippen molar-refractivity contribution in [2.75, 3.05) is 20.3 Å². The molecular weight excluding hydrogens is 532 g/mol. The van der Waals surface area contributed by atoms with Gasteiger partial charge in [-0.1, -0.05) is 63.7 Å². The fourth-order valence-electron chi connectivity index (χ4n) is 4.21. The van der Waals surface area contributed by atoms with Crippen molar-refractivity contribution in [3.05, 3.63) is 96.6 Å². The summed E-state index contributed by atoms with van der Waals surface area (Å²) in [6, 6.07) is 21.7. The highest BCUT2D eigenvalue weighted by Gasteiger charge is 2.09. The van der Waals surface area contributed by atoms with E-state index in [1.54, 1.807) is 55.6 Å². The molecule has 0 amide bonds. The van der Waals surface area contributed by atoms with Gasteiger partial charge in [0.15, 0.2) is 0 Å². The summed E-state index contributed by atoms with van der Waals surface area (Å²) in [5, 5.41) is 0. The van der Waals surface area contributed by atoms with Gasteiger partial charge in [-0.2, -0.15) is 0 Å². The fraction of sp³-hybridized carbons (Fsp3) is 0.371. The average molecular weight is 575 g/mol. The first-order valence-corrected chi connectivity index (χ1v) is 14.7. The second-order valence-electron chi connectivity index (χ2n) is 9.92. The zero-order chi connectivity index (χ0) is 29.8. The van der Waals surface area contributed by atoms with Crippen LogP contribution in [-0.2, 0) is 16.1 Å². The molecule has 0 atom stereocenters. The highest BCUT2D eigenvalue weighted by molar-refractivity contribution is 5.91. The topological polar surface area (TPSA) is 80.3 Å². The summed E-state index contributed by atoms with van der Waals surface area (Å²) in [7, 11) is 1.58. The highest BCUT2D eigenvalue weighted by Crippen LogP contribution is 2.21. The third-order valence-electron chi connectivity index (χ3n) is 6.66. The van der Waals surface area contributed by atoms with E-state index < -0.39 is 5.97 Å². The molecule has 0 aliphatic heterocycles. The molecule has 0 aliphatic rings. The van der Waals surface area contributed by atoms with Crippen LogP contribution in [0, 0.1) is 0 Å². The lowest BCUT2D eigenvalue weighted by Crippen LogP contribution is -2.08. The molecule has 224 valence electrons. The molecule has 0 heterocycles. The van der Waals surface area contributed by atoms with E-state index in [-0.39, 0.29) is 5.97 Å². The Labute approximate surface area is 249 Å². The summed E-state index contributed by atoms with van der Waals surface area (Å²) < 4.78 is 27.3. The molecule has 0 bridgehead atoms. The first kappa shape index (κ1) is 32.3. The molecule has 0 spiro atoms. The summed E-state index contributed by atoms with van der Waals surface area (Å²) in [6.45, 7) is 5.02. The Morgan fingerprint density at radius 3 is 1.71 bits per heavy atom. The molecule has 0 radical (unpaired) electrons. The number of methoxy groups -OCH3 is 1. The number of hydrogen-bond acceptors (Lipinski definition) is 7. The number of carbonyl (C=O) groups is 2. The monoisotopic (exact) mass is 574 g/mol. The van der Waals surface area contributed by atoms with Crippen molar-refractivity contribution in [2.24, 2.45) is 0 Å². The Kier molecular flexibility index (Phi) is 14.6. The van der Waals surface area contributed by atoms with Crippen LogP contribution in [0.25, 0.3) is 0 Å². The number of carbonyl (C=O) groups excluding carboxylic acids is 2. The molecule has 42 heavy (non-hydrogen) atoms. The number of benzene rings is 3. The van der Waals surface area contributed by atoms with Crippen molar-refractivity contribution >= 4 is 11.9 Å². The van der Waals surface area contributed by atoms with Crippen LogP contribution in [-0.4, -0.2) is 32.3 Å². The van der Waals surface area contributed by atoms with Crippen LogP contribution >= 0.6 is 0 Å². The van der Waals surface area contributed by atoms with Gasteiger partial charge in [0.2, 0.25) is 0 Å². The molecule has 0 unspecified atom stereocenters. The minimum atomic E-state index is -0.432. The first-order valence-electron chi connectivity index (χ1n) is 14.7. The summed E-state index contributed by atoms with van der Waals surface area (Å²) in [5.41, 5.74) is 1.49. The second kappa shape index (κ2) is 19.0. The van der Waals surface area contributed by atoms with Crippen molar-refractivity contribution in [1.29, 1.82) is 0 Å². The highest BCUT2D eigenvalue weighted by atomic mass is 16.5. The Bertz CT molecular complexity index is 1200. The van der Waals surface area contributed by atoms with E-state index in [2.05, 4.69) is 6.58 Å². The molecule has 0 saturated heterocycles. The molecule has 7 nitrogen and oxygen atoms in total. The lowest BCUT2D eigenvalue weighted by Gasteiger charge is -2.10. The number of esters is 2. The predicted octanol–water partition coefficient (Wildman–Crippen LogP) is 8.11. The predicted molar refractivity (Wildman–Crippen MR) is 163 cm³/mol. The third kappa shape index (κ3) is 12.5. The zero-order valence-corrected chi connectivity index (χ0v) is 24.6. The van der Waals surface area contributed by atoms with E-state index in [1.165, 1.54) is 44.6 Å². The number of ether oxygens (including phenoxy) is 5. The molecular formula is C35H42O7. The fourth-order valence-corrected chi connectivity index (χ4v) is 4.21. The summed E-state index contributed by atoms with van der Waals surface area (Å²) >= 11 is 0. The summed E-state index contributed by atoms with van der Waals surface area (Å²) in [5.74, 6) is 1.90. The van der Waals surface area contributed by atoms with Crippen LogP contribution in [0.5, 0.6) is 23.0 Å². The van der Waals surface area contributed by atoms with Crippen molar-refractivity contribution in [3.63, 3.8) is 0 Å². The van der Waals surface area contributed by atoms with Crippen LogP contribution in [0.2, 0.25) is 0 Å². The molecule has 3 aromatic carbocycles. The zero-order valence-electron chi connectivity index (χ0n) is 24.6. The molecule has 7 heteroatoms. The Morgan fingerprint density at radius 1 is 0.619 bits per heavy atom. The normalized spacial score (nSPS) is 10.5. The Hall–Kier alpha value is -4.26. The summed E-state index contributed by atoms with van der Waals surface area (Å²) in [4.78, 5) is 23.3. The van der Waals surface area contributed by atoms with Crippen LogP contribution in [0.1, 0.15) is 73.7 Å². The Balaban J connectivity index is 1.22. The van der Waals surface area contributed by atoms with Crippen molar-refractivity contribution < 1.29 is 33.3 Å². The first-order chi connectivity index (χ1) is 20.6. The van der Waals surface area contributed by atoms with Gasteiger partial charge in [0.25, 0.3) is 0 Å². The van der Waals surface area contributed by atoms with Crippen molar-refractivity contribution in [1.82, 2.24) is 0 Å². The molecule has 0 saturated carbocycles. The van der Waals surface area contributed by atoms with E-state index in [0.29, 0.717) is 42.6 Å². The number of unbranched alkanes of at least 4 members (excludes halogenated alkanes) is 8. The van der Waals surface area contributed by atoms with Crippen LogP contribution in [0.4, 0.5) is 0 Å². The molecule has 0 aromatic heterocycles. The molecule has 3 rings (SSSR count). The van der Waals surface area contributed by atoms with Gasteiger partial charge in [-0.05, 0) is 79.1 Å². The maximum absolute atomic E-state index is 12.3.